The zero-order chi connectivity index (χ0) is 13.0. The highest BCUT2D eigenvalue weighted by atomic mass is 79.9. The highest BCUT2D eigenvalue weighted by Gasteiger charge is 2.17. The number of nitrogens with zero attached hydrogens (tertiary/aromatic N) is 1. The van der Waals surface area contributed by atoms with Crippen molar-refractivity contribution >= 4 is 21.6 Å². The highest BCUT2D eigenvalue weighted by molar-refractivity contribution is 9.10. The van der Waals surface area contributed by atoms with E-state index in [1.807, 2.05) is 12.1 Å². The number of halogens is 1. The van der Waals surface area contributed by atoms with Gasteiger partial charge >= 0.3 is 0 Å². The fourth-order valence-corrected chi connectivity index (χ4v) is 2.90. The van der Waals surface area contributed by atoms with E-state index in [9.17, 15) is 5.11 Å². The largest absolute Gasteiger partial charge is 0.392 e. The summed E-state index contributed by atoms with van der Waals surface area (Å²) in [6, 6.07) is 6.05. The number of hydrogen-bond acceptors (Lipinski definition) is 3. The molecule has 2 rings (SSSR count). The summed E-state index contributed by atoms with van der Waals surface area (Å²) in [6.45, 7) is 2.81. The van der Waals surface area contributed by atoms with Crippen LogP contribution in [-0.2, 0) is 11.3 Å². The molecule has 0 bridgehead atoms. The van der Waals surface area contributed by atoms with Crippen LogP contribution < -0.4 is 4.90 Å². The molecule has 4 heteroatoms. The molecule has 0 spiro atoms. The lowest BCUT2D eigenvalue weighted by atomic mass is 10.0. The minimum absolute atomic E-state index is 0.0697. The van der Waals surface area contributed by atoms with Gasteiger partial charge in [0.2, 0.25) is 0 Å². The van der Waals surface area contributed by atoms with E-state index in [1.54, 1.807) is 0 Å². The van der Waals surface area contributed by atoms with Crippen molar-refractivity contribution in [1.82, 2.24) is 0 Å². The van der Waals surface area contributed by atoms with Crippen molar-refractivity contribution in [2.75, 3.05) is 31.7 Å². The molecular formula is C14H20BrNO2. The van der Waals surface area contributed by atoms with E-state index in [-0.39, 0.29) is 6.61 Å². The molecule has 1 N–H and O–H groups in total. The number of aliphatic hydroxyl groups excluding tert-OH is 1. The Balaban J connectivity index is 2.05. The number of anilines is 1. The van der Waals surface area contributed by atoms with Gasteiger partial charge < -0.3 is 14.7 Å². The molecule has 3 nitrogen and oxygen atoms in total. The summed E-state index contributed by atoms with van der Waals surface area (Å²) in [5.74, 6) is 0.596. The lowest BCUT2D eigenvalue weighted by Gasteiger charge is -2.29. The summed E-state index contributed by atoms with van der Waals surface area (Å²) in [7, 11) is 2.08. The Morgan fingerprint density at radius 3 is 3.00 bits per heavy atom. The van der Waals surface area contributed by atoms with Crippen LogP contribution in [-0.4, -0.2) is 31.9 Å². The smallest absolute Gasteiger partial charge is 0.0702 e. The molecule has 1 fully saturated rings. The maximum absolute atomic E-state index is 9.43. The van der Waals surface area contributed by atoms with Crippen molar-refractivity contribution in [3.63, 3.8) is 0 Å². The third-order valence-corrected chi connectivity index (χ3v) is 3.90. The summed E-state index contributed by atoms with van der Waals surface area (Å²) in [4.78, 5) is 2.22. The van der Waals surface area contributed by atoms with Crippen LogP contribution in [0.3, 0.4) is 0 Å². The topological polar surface area (TPSA) is 32.7 Å². The summed E-state index contributed by atoms with van der Waals surface area (Å²) >= 11 is 3.44. The molecule has 1 atom stereocenters. The second-order valence-electron chi connectivity index (χ2n) is 4.89. The fraction of sp³-hybridized carbons (Fsp3) is 0.571. The maximum atomic E-state index is 9.43. The molecule has 1 aromatic carbocycles. The number of rotatable bonds is 4. The summed E-state index contributed by atoms with van der Waals surface area (Å²) in [5, 5.41) is 9.43. The molecule has 100 valence electrons. The second-order valence-corrected chi connectivity index (χ2v) is 5.81. The number of ether oxygens (including phenoxy) is 1. The monoisotopic (exact) mass is 313 g/mol. The first-order valence-electron chi connectivity index (χ1n) is 6.39. The average Bonchev–Trinajstić information content (AvgIpc) is 2.39. The Kier molecular flexibility index (Phi) is 5.03. The molecule has 1 aromatic rings. The van der Waals surface area contributed by atoms with Crippen LogP contribution in [0.5, 0.6) is 0 Å². The first-order chi connectivity index (χ1) is 8.70. The molecular weight excluding hydrogens is 294 g/mol. The molecule has 1 aliphatic heterocycles. The first-order valence-corrected chi connectivity index (χ1v) is 7.18. The lowest BCUT2D eigenvalue weighted by Crippen LogP contribution is -2.31. The van der Waals surface area contributed by atoms with Crippen molar-refractivity contribution in [2.45, 2.75) is 19.4 Å². The molecule has 18 heavy (non-hydrogen) atoms. The Hall–Kier alpha value is -0.580. The fourth-order valence-electron chi connectivity index (χ4n) is 2.49. The molecule has 0 radical (unpaired) electrons. The molecule has 1 saturated heterocycles. The van der Waals surface area contributed by atoms with Crippen molar-refractivity contribution in [3.8, 4) is 0 Å². The average molecular weight is 314 g/mol. The van der Waals surface area contributed by atoms with Crippen LogP contribution in [0, 0.1) is 5.92 Å². The van der Waals surface area contributed by atoms with Crippen molar-refractivity contribution in [2.24, 2.45) is 5.92 Å². The van der Waals surface area contributed by atoms with Crippen LogP contribution in [0.25, 0.3) is 0 Å². The van der Waals surface area contributed by atoms with Gasteiger partial charge in [0.05, 0.1) is 13.2 Å². The van der Waals surface area contributed by atoms with Crippen LogP contribution >= 0.6 is 15.9 Å². The van der Waals surface area contributed by atoms with Gasteiger partial charge in [-0.25, -0.2) is 0 Å². The van der Waals surface area contributed by atoms with E-state index in [0.29, 0.717) is 5.92 Å². The SMILES string of the molecule is CN(CC1CCCOC1)c1ccc(Br)cc1CO. The van der Waals surface area contributed by atoms with Crippen molar-refractivity contribution < 1.29 is 9.84 Å². The molecule has 1 aliphatic rings. The maximum Gasteiger partial charge on any atom is 0.0702 e. The summed E-state index contributed by atoms with van der Waals surface area (Å²) in [6.07, 6.45) is 2.39. The minimum atomic E-state index is 0.0697. The van der Waals surface area contributed by atoms with Gasteiger partial charge in [0, 0.05) is 35.9 Å². The Labute approximate surface area is 117 Å². The van der Waals surface area contributed by atoms with Crippen LogP contribution in [0.2, 0.25) is 0 Å². The third kappa shape index (κ3) is 3.46. The zero-order valence-corrected chi connectivity index (χ0v) is 12.3. The third-order valence-electron chi connectivity index (χ3n) is 3.41. The molecule has 1 unspecified atom stereocenters. The van der Waals surface area contributed by atoms with Gasteiger partial charge in [-0.3, -0.25) is 0 Å². The first kappa shape index (κ1) is 13.8. The summed E-state index contributed by atoms with van der Waals surface area (Å²) in [5.41, 5.74) is 2.06. The van der Waals surface area contributed by atoms with Gasteiger partial charge in [-0.15, -0.1) is 0 Å². The van der Waals surface area contributed by atoms with E-state index < -0.39 is 0 Å². The molecule has 0 saturated carbocycles. The van der Waals surface area contributed by atoms with Crippen molar-refractivity contribution in [3.05, 3.63) is 28.2 Å². The lowest BCUT2D eigenvalue weighted by molar-refractivity contribution is 0.0576. The molecule has 0 amide bonds. The number of hydrogen-bond donors (Lipinski definition) is 1. The van der Waals surface area contributed by atoms with Gasteiger partial charge in [0.1, 0.15) is 0 Å². The van der Waals surface area contributed by atoms with Gasteiger partial charge in [0.25, 0.3) is 0 Å². The van der Waals surface area contributed by atoms with Gasteiger partial charge in [-0.05, 0) is 37.0 Å². The predicted octanol–water partition coefficient (Wildman–Crippen LogP) is 2.80. The number of aliphatic hydroxyl groups is 1. The van der Waals surface area contributed by atoms with E-state index in [1.165, 1.54) is 6.42 Å². The Morgan fingerprint density at radius 2 is 2.33 bits per heavy atom. The quantitative estimate of drug-likeness (QED) is 0.927. The predicted molar refractivity (Wildman–Crippen MR) is 76.9 cm³/mol. The second kappa shape index (κ2) is 6.55. The summed E-state index contributed by atoms with van der Waals surface area (Å²) < 4.78 is 6.52. The van der Waals surface area contributed by atoms with E-state index >= 15 is 0 Å². The Bertz CT molecular complexity index is 391. The van der Waals surface area contributed by atoms with Crippen LogP contribution in [0.15, 0.2) is 22.7 Å². The standard InChI is InChI=1S/C14H20BrNO2/c1-16(8-11-3-2-6-18-10-11)14-5-4-13(15)7-12(14)9-17/h4-5,7,11,17H,2-3,6,8-10H2,1H3. The minimum Gasteiger partial charge on any atom is -0.392 e. The van der Waals surface area contributed by atoms with Crippen LogP contribution in [0.4, 0.5) is 5.69 Å². The highest BCUT2D eigenvalue weighted by Crippen LogP contribution is 2.25. The van der Waals surface area contributed by atoms with Crippen LogP contribution in [0.1, 0.15) is 18.4 Å². The van der Waals surface area contributed by atoms with E-state index in [4.69, 9.17) is 4.74 Å². The zero-order valence-electron chi connectivity index (χ0n) is 10.7. The molecule has 0 aromatic heterocycles. The normalized spacial score (nSPS) is 19.8. The van der Waals surface area contributed by atoms with Gasteiger partial charge in [0.15, 0.2) is 0 Å². The van der Waals surface area contributed by atoms with Gasteiger partial charge in [-0.2, -0.15) is 0 Å². The van der Waals surface area contributed by atoms with E-state index in [2.05, 4.69) is 33.9 Å². The van der Waals surface area contributed by atoms with Crippen molar-refractivity contribution in [1.29, 1.82) is 0 Å². The Morgan fingerprint density at radius 1 is 1.50 bits per heavy atom. The molecule has 0 aliphatic carbocycles. The van der Waals surface area contributed by atoms with Gasteiger partial charge in [-0.1, -0.05) is 15.9 Å². The van der Waals surface area contributed by atoms with E-state index in [0.717, 1.165) is 41.9 Å². The number of benzene rings is 1. The molecule has 1 heterocycles.